The molecule has 1 aliphatic rings. The Kier molecular flexibility index (Phi) is 14.2. The first-order valence-corrected chi connectivity index (χ1v) is 12.8. The van der Waals surface area contributed by atoms with Crippen LogP contribution < -0.4 is 5.73 Å². The lowest BCUT2D eigenvalue weighted by atomic mass is 10.0. The smallest absolute Gasteiger partial charge is 0.126 e. The lowest BCUT2D eigenvalue weighted by Crippen LogP contribution is -2.47. The maximum Gasteiger partial charge on any atom is 0.126 e. The minimum absolute atomic E-state index is 0.0132. The zero-order valence-corrected chi connectivity index (χ0v) is 21.8. The number of halogens is 1. The van der Waals surface area contributed by atoms with E-state index in [2.05, 4.69) is 65.3 Å². The van der Waals surface area contributed by atoms with Gasteiger partial charge in [0.2, 0.25) is 0 Å². The van der Waals surface area contributed by atoms with Gasteiger partial charge in [-0.15, -0.1) is 0 Å². The summed E-state index contributed by atoms with van der Waals surface area (Å²) in [6.07, 6.45) is 8.90. The molecule has 0 bridgehead atoms. The number of hydrogen-bond acceptors (Lipinski definition) is 4. The van der Waals surface area contributed by atoms with Crippen LogP contribution in [0.15, 0.2) is 78.4 Å². The van der Waals surface area contributed by atoms with Crippen LogP contribution in [-0.4, -0.2) is 62.3 Å². The molecule has 0 aliphatic carbocycles. The molecule has 1 heterocycles. The molecule has 0 aromatic heterocycles. The second-order valence-electron chi connectivity index (χ2n) is 9.05. The van der Waals surface area contributed by atoms with Crippen LogP contribution in [0, 0.1) is 5.82 Å². The number of nitrogens with zero attached hydrogens (tertiary/aromatic N) is 2. The molecule has 192 valence electrons. The third kappa shape index (κ3) is 11.8. The van der Waals surface area contributed by atoms with E-state index in [4.69, 9.17) is 10.5 Å². The number of ether oxygens (including phenoxy) is 1. The normalized spacial score (nSPS) is 16.2. The number of methoxy groups -OCH3 is 1. The highest BCUT2D eigenvalue weighted by Crippen LogP contribution is 2.12. The zero-order chi connectivity index (χ0) is 25.3. The highest BCUT2D eigenvalue weighted by atomic mass is 19.1. The molecule has 3 rings (SSSR count). The summed E-state index contributed by atoms with van der Waals surface area (Å²) in [5.74, 6) is -0.146. The van der Waals surface area contributed by atoms with Crippen LogP contribution in [-0.2, 0) is 17.7 Å². The Morgan fingerprint density at radius 2 is 1.69 bits per heavy atom. The molecule has 2 N–H and O–H groups in total. The van der Waals surface area contributed by atoms with Gasteiger partial charge in [0.15, 0.2) is 0 Å². The fraction of sp³-hybridized carbons (Fsp3) is 0.467. The summed E-state index contributed by atoms with van der Waals surface area (Å²) in [7, 11) is 1.71. The Labute approximate surface area is 212 Å². The third-order valence-electron chi connectivity index (χ3n) is 6.22. The molecule has 1 fully saturated rings. The first-order valence-electron chi connectivity index (χ1n) is 12.8. The van der Waals surface area contributed by atoms with E-state index in [1.807, 2.05) is 19.1 Å². The Balaban J connectivity index is 0.000000367. The molecule has 0 saturated carbocycles. The molecular weight excluding hydrogens is 437 g/mol. The van der Waals surface area contributed by atoms with Gasteiger partial charge in [0.25, 0.3) is 0 Å². The van der Waals surface area contributed by atoms with E-state index >= 15 is 0 Å². The summed E-state index contributed by atoms with van der Waals surface area (Å²) < 4.78 is 18.7. The lowest BCUT2D eigenvalue weighted by molar-refractivity contribution is 0.124. The van der Waals surface area contributed by atoms with E-state index in [0.717, 1.165) is 57.7 Å². The summed E-state index contributed by atoms with van der Waals surface area (Å²) >= 11 is 0. The van der Waals surface area contributed by atoms with Gasteiger partial charge < -0.3 is 15.4 Å². The second-order valence-corrected chi connectivity index (χ2v) is 9.05. The van der Waals surface area contributed by atoms with Crippen LogP contribution in [0.5, 0.6) is 0 Å². The highest BCUT2D eigenvalue weighted by Gasteiger charge is 2.18. The molecule has 4 nitrogen and oxygen atoms in total. The monoisotopic (exact) mass is 481 g/mol. The van der Waals surface area contributed by atoms with Crippen molar-refractivity contribution in [3.8, 4) is 0 Å². The molecule has 5 heteroatoms. The fourth-order valence-corrected chi connectivity index (χ4v) is 4.07. The quantitative estimate of drug-likeness (QED) is 0.434. The maximum atomic E-state index is 13.7. The first kappa shape index (κ1) is 28.9. The number of benzene rings is 2. The Morgan fingerprint density at radius 3 is 2.31 bits per heavy atom. The molecule has 1 unspecified atom stereocenters. The molecule has 2 aromatic carbocycles. The topological polar surface area (TPSA) is 41.7 Å². The summed E-state index contributed by atoms with van der Waals surface area (Å²) in [4.78, 5) is 4.98. The van der Waals surface area contributed by atoms with Crippen molar-refractivity contribution < 1.29 is 9.13 Å². The Bertz CT molecular complexity index is 876. The van der Waals surface area contributed by atoms with Gasteiger partial charge in [-0.1, -0.05) is 73.7 Å². The zero-order valence-electron chi connectivity index (χ0n) is 21.8. The van der Waals surface area contributed by atoms with E-state index in [0.29, 0.717) is 13.0 Å². The van der Waals surface area contributed by atoms with Crippen molar-refractivity contribution in [2.45, 2.75) is 45.7 Å². The van der Waals surface area contributed by atoms with Crippen molar-refractivity contribution in [2.75, 3.05) is 46.4 Å². The van der Waals surface area contributed by atoms with Crippen LogP contribution >= 0.6 is 0 Å². The molecule has 0 spiro atoms. The van der Waals surface area contributed by atoms with Gasteiger partial charge in [-0.25, -0.2) is 4.39 Å². The second kappa shape index (κ2) is 17.2. The Morgan fingerprint density at radius 1 is 1.03 bits per heavy atom. The van der Waals surface area contributed by atoms with Crippen molar-refractivity contribution in [1.82, 2.24) is 9.80 Å². The van der Waals surface area contributed by atoms with E-state index in [1.165, 1.54) is 17.2 Å². The van der Waals surface area contributed by atoms with Gasteiger partial charge in [-0.05, 0) is 55.5 Å². The summed E-state index contributed by atoms with van der Waals surface area (Å²) in [5, 5.41) is 0. The van der Waals surface area contributed by atoms with Crippen molar-refractivity contribution >= 4 is 0 Å². The standard InChI is InChI=1S/C21H28FN3.C9H16O/c22-21-9-5-4-8-19(21)16-20(23)10-11-24-12-14-25(15-13-24)17-18-6-2-1-3-7-18;1-4-6-7-9(5-2)8-10-3/h1-9,20H,10-17,23H2;5-7H,4,8H2,1-3H3/b;7-6-,9-5+. The van der Waals surface area contributed by atoms with E-state index in [-0.39, 0.29) is 11.9 Å². The van der Waals surface area contributed by atoms with Crippen LogP contribution in [0.3, 0.4) is 0 Å². The Hall–Kier alpha value is -2.31. The largest absolute Gasteiger partial charge is 0.380 e. The summed E-state index contributed by atoms with van der Waals surface area (Å²) in [6.45, 7) is 11.2. The van der Waals surface area contributed by atoms with Gasteiger partial charge in [0, 0.05) is 45.9 Å². The van der Waals surface area contributed by atoms with Crippen molar-refractivity contribution in [3.05, 3.63) is 95.3 Å². The highest BCUT2D eigenvalue weighted by molar-refractivity contribution is 5.19. The molecule has 0 radical (unpaired) electrons. The molecule has 35 heavy (non-hydrogen) atoms. The third-order valence-corrected chi connectivity index (χ3v) is 6.22. The first-order chi connectivity index (χ1) is 17.0. The van der Waals surface area contributed by atoms with Crippen LogP contribution in [0.4, 0.5) is 4.39 Å². The van der Waals surface area contributed by atoms with Gasteiger partial charge in [-0.2, -0.15) is 0 Å². The van der Waals surface area contributed by atoms with Gasteiger partial charge in [0.1, 0.15) is 5.82 Å². The summed E-state index contributed by atoms with van der Waals surface area (Å²) in [5.41, 5.74) is 9.56. The molecule has 2 aromatic rings. The van der Waals surface area contributed by atoms with Crippen molar-refractivity contribution in [1.29, 1.82) is 0 Å². The fourth-order valence-electron chi connectivity index (χ4n) is 4.07. The van der Waals surface area contributed by atoms with Gasteiger partial charge in [-0.3, -0.25) is 4.90 Å². The molecule has 1 saturated heterocycles. The van der Waals surface area contributed by atoms with E-state index in [9.17, 15) is 4.39 Å². The molecule has 1 aliphatic heterocycles. The molecule has 1 atom stereocenters. The molecular formula is C30H44FN3O. The van der Waals surface area contributed by atoms with Gasteiger partial charge >= 0.3 is 0 Å². The number of piperazine rings is 1. The van der Waals surface area contributed by atoms with Crippen molar-refractivity contribution in [3.63, 3.8) is 0 Å². The molecule has 0 amide bonds. The number of rotatable bonds is 11. The van der Waals surface area contributed by atoms with E-state index < -0.39 is 0 Å². The van der Waals surface area contributed by atoms with Crippen LogP contribution in [0.1, 0.15) is 37.8 Å². The SMILES string of the molecule is C/C=C(\C=C/CC)COC.NC(CCN1CCN(Cc2ccccc2)CC1)Cc1ccccc1F. The number of allylic oxidation sites excluding steroid dienone is 2. The van der Waals surface area contributed by atoms with Crippen LogP contribution in [0.25, 0.3) is 0 Å². The predicted octanol–water partition coefficient (Wildman–Crippen LogP) is 5.45. The van der Waals surface area contributed by atoms with Crippen molar-refractivity contribution in [2.24, 2.45) is 5.73 Å². The number of nitrogens with two attached hydrogens (primary N) is 1. The van der Waals surface area contributed by atoms with E-state index in [1.54, 1.807) is 13.2 Å². The average molecular weight is 482 g/mol. The minimum atomic E-state index is -0.146. The number of hydrogen-bond donors (Lipinski definition) is 1. The maximum absolute atomic E-state index is 13.7. The predicted molar refractivity (Wildman–Crippen MR) is 146 cm³/mol. The van der Waals surface area contributed by atoms with Gasteiger partial charge in [0.05, 0.1) is 6.61 Å². The lowest BCUT2D eigenvalue weighted by Gasteiger charge is -2.35. The summed E-state index contributed by atoms with van der Waals surface area (Å²) in [6, 6.07) is 17.6. The van der Waals surface area contributed by atoms with Crippen LogP contribution in [0.2, 0.25) is 0 Å². The minimum Gasteiger partial charge on any atom is -0.380 e. The average Bonchev–Trinajstić information content (AvgIpc) is 2.88.